The zero-order valence-electron chi connectivity index (χ0n) is 17.6. The van der Waals surface area contributed by atoms with Crippen molar-refractivity contribution in [1.29, 1.82) is 0 Å². The fourth-order valence-electron chi connectivity index (χ4n) is 3.93. The molecule has 32 heavy (non-hydrogen) atoms. The number of amides is 1. The number of carbonyl (C=O) groups excluding carboxylic acids is 1. The fourth-order valence-corrected chi connectivity index (χ4v) is 3.93. The Hall–Kier alpha value is -4.12. The molecular weight excluding hydrogens is 398 g/mol. The highest BCUT2D eigenvalue weighted by Crippen LogP contribution is 2.23. The van der Waals surface area contributed by atoms with Crippen LogP contribution in [0.5, 0.6) is 5.75 Å². The number of carbonyl (C=O) groups is 1. The Balaban J connectivity index is 1.38. The van der Waals surface area contributed by atoms with Crippen LogP contribution in [-0.2, 0) is 17.9 Å². The van der Waals surface area contributed by atoms with Crippen LogP contribution in [0.2, 0.25) is 0 Å². The van der Waals surface area contributed by atoms with Gasteiger partial charge in [-0.15, -0.1) is 0 Å². The van der Waals surface area contributed by atoms with Crippen LogP contribution in [0.1, 0.15) is 11.4 Å². The van der Waals surface area contributed by atoms with Gasteiger partial charge in [-0.3, -0.25) is 4.79 Å². The van der Waals surface area contributed by atoms with Crippen molar-refractivity contribution in [1.82, 2.24) is 14.9 Å². The van der Waals surface area contributed by atoms with Crippen molar-refractivity contribution >= 4 is 27.7 Å². The molecule has 5 rings (SSSR count). The third-order valence-electron chi connectivity index (χ3n) is 5.50. The van der Waals surface area contributed by atoms with Crippen molar-refractivity contribution in [3.63, 3.8) is 0 Å². The van der Waals surface area contributed by atoms with E-state index in [0.717, 1.165) is 16.9 Å². The maximum absolute atomic E-state index is 12.4. The van der Waals surface area contributed by atoms with Gasteiger partial charge in [0, 0.05) is 0 Å². The van der Waals surface area contributed by atoms with Crippen LogP contribution in [0.4, 0.5) is 0 Å². The number of imidazole rings is 1. The van der Waals surface area contributed by atoms with Gasteiger partial charge in [-0.2, -0.15) is 0 Å². The number of ether oxygens (including phenoxy) is 1. The van der Waals surface area contributed by atoms with Gasteiger partial charge < -0.3 is 14.6 Å². The smallest absolute Gasteiger partial charge is 0.258 e. The summed E-state index contributed by atoms with van der Waals surface area (Å²) in [6.07, 6.45) is 0. The first-order valence-electron chi connectivity index (χ1n) is 10.6. The molecule has 0 fully saturated rings. The highest BCUT2D eigenvalue weighted by atomic mass is 16.5. The predicted molar refractivity (Wildman–Crippen MR) is 127 cm³/mol. The lowest BCUT2D eigenvalue weighted by molar-refractivity contribution is -0.123. The van der Waals surface area contributed by atoms with Gasteiger partial charge in [-0.05, 0) is 40.6 Å². The molecule has 5 nitrogen and oxygen atoms in total. The van der Waals surface area contributed by atoms with Crippen molar-refractivity contribution in [3.05, 3.63) is 108 Å². The summed E-state index contributed by atoms with van der Waals surface area (Å²) in [6, 6.07) is 32.1. The summed E-state index contributed by atoms with van der Waals surface area (Å²) in [5, 5.41) is 5.38. The Morgan fingerprint density at radius 1 is 0.844 bits per heavy atom. The summed E-state index contributed by atoms with van der Waals surface area (Å²) in [7, 11) is 0. The van der Waals surface area contributed by atoms with E-state index in [4.69, 9.17) is 9.72 Å². The highest BCUT2D eigenvalue weighted by Gasteiger charge is 2.13. The minimum atomic E-state index is -0.183. The average Bonchev–Trinajstić information content (AvgIpc) is 3.19. The zero-order chi connectivity index (χ0) is 21.8. The van der Waals surface area contributed by atoms with Crippen LogP contribution in [0, 0.1) is 0 Å². The lowest BCUT2D eigenvalue weighted by Crippen LogP contribution is -2.29. The summed E-state index contributed by atoms with van der Waals surface area (Å²) in [6.45, 7) is 0.970. The third kappa shape index (κ3) is 4.18. The van der Waals surface area contributed by atoms with Gasteiger partial charge in [0.2, 0.25) is 0 Å². The van der Waals surface area contributed by atoms with Crippen LogP contribution >= 0.6 is 0 Å². The second kappa shape index (κ2) is 8.94. The topological polar surface area (TPSA) is 56.1 Å². The first-order valence-corrected chi connectivity index (χ1v) is 10.6. The van der Waals surface area contributed by atoms with Gasteiger partial charge in [0.1, 0.15) is 11.6 Å². The molecule has 4 aromatic carbocycles. The number of nitrogens with one attached hydrogen (secondary N) is 1. The van der Waals surface area contributed by atoms with Crippen LogP contribution in [0.15, 0.2) is 97.1 Å². The van der Waals surface area contributed by atoms with E-state index in [2.05, 4.69) is 58.4 Å². The monoisotopic (exact) mass is 421 g/mol. The number of nitrogens with zero attached hydrogens (tertiary/aromatic N) is 2. The van der Waals surface area contributed by atoms with Crippen LogP contribution in [0.25, 0.3) is 21.8 Å². The summed E-state index contributed by atoms with van der Waals surface area (Å²) < 4.78 is 7.73. The van der Waals surface area contributed by atoms with Gasteiger partial charge in [0.15, 0.2) is 6.61 Å². The molecule has 0 aliphatic carbocycles. The molecule has 5 heteroatoms. The molecule has 1 amide bonds. The Kier molecular flexibility index (Phi) is 5.54. The third-order valence-corrected chi connectivity index (χ3v) is 5.50. The Bertz CT molecular complexity index is 1370. The summed E-state index contributed by atoms with van der Waals surface area (Å²) in [5.41, 5.74) is 3.17. The van der Waals surface area contributed by atoms with E-state index in [9.17, 15) is 4.79 Å². The van der Waals surface area contributed by atoms with Gasteiger partial charge in [-0.25, -0.2) is 4.98 Å². The van der Waals surface area contributed by atoms with E-state index < -0.39 is 0 Å². The maximum atomic E-state index is 12.4. The van der Waals surface area contributed by atoms with Crippen molar-refractivity contribution in [2.24, 2.45) is 0 Å². The second-order valence-corrected chi connectivity index (χ2v) is 7.62. The van der Waals surface area contributed by atoms with Gasteiger partial charge in [0.05, 0.1) is 24.1 Å². The quantitative estimate of drug-likeness (QED) is 0.405. The summed E-state index contributed by atoms with van der Waals surface area (Å²) in [5.74, 6) is 1.30. The van der Waals surface area contributed by atoms with Crippen LogP contribution in [-0.4, -0.2) is 22.1 Å². The minimum absolute atomic E-state index is 0.0342. The molecule has 0 radical (unpaired) electrons. The van der Waals surface area contributed by atoms with Crippen molar-refractivity contribution in [2.45, 2.75) is 13.1 Å². The number of aromatic nitrogens is 2. The first kappa shape index (κ1) is 19.8. The molecule has 0 unspecified atom stereocenters. The molecule has 1 heterocycles. The van der Waals surface area contributed by atoms with Gasteiger partial charge in [-0.1, -0.05) is 72.8 Å². The fraction of sp³-hybridized carbons (Fsp3) is 0.111. The van der Waals surface area contributed by atoms with Crippen molar-refractivity contribution in [2.75, 3.05) is 6.61 Å². The minimum Gasteiger partial charge on any atom is -0.484 e. The average molecular weight is 422 g/mol. The SMILES string of the molecule is O=C(COc1ccccc1)NCc1nc2ccccc2n1Cc1cccc2ccccc12. The molecular formula is C27H23N3O2. The van der Waals surface area contributed by atoms with Gasteiger partial charge >= 0.3 is 0 Å². The molecule has 1 aromatic heterocycles. The van der Waals surface area contributed by atoms with E-state index in [0.29, 0.717) is 18.8 Å². The molecule has 0 bridgehead atoms. The van der Waals surface area contributed by atoms with Crippen molar-refractivity contribution < 1.29 is 9.53 Å². The zero-order valence-corrected chi connectivity index (χ0v) is 17.6. The van der Waals surface area contributed by atoms with Crippen molar-refractivity contribution in [3.8, 4) is 5.75 Å². The second-order valence-electron chi connectivity index (χ2n) is 7.62. The normalized spacial score (nSPS) is 11.0. The molecule has 5 aromatic rings. The molecule has 0 aliphatic rings. The lowest BCUT2D eigenvalue weighted by Gasteiger charge is -2.13. The van der Waals surface area contributed by atoms with Gasteiger partial charge in [0.25, 0.3) is 5.91 Å². The Morgan fingerprint density at radius 2 is 1.59 bits per heavy atom. The van der Waals surface area contributed by atoms with E-state index in [1.807, 2.05) is 48.5 Å². The Labute approximate surface area is 186 Å². The molecule has 158 valence electrons. The lowest BCUT2D eigenvalue weighted by atomic mass is 10.0. The number of rotatable bonds is 7. The standard InChI is InChI=1S/C27H23N3O2/c31-27(19-32-22-12-2-1-3-13-22)28-17-26-29-24-15-6-7-16-25(24)30(26)18-21-11-8-10-20-9-4-5-14-23(20)21/h1-16H,17-19H2,(H,28,31). The number of benzene rings is 4. The molecule has 0 saturated heterocycles. The number of hydrogen-bond donors (Lipinski definition) is 1. The summed E-state index contributed by atoms with van der Waals surface area (Å²) in [4.78, 5) is 17.2. The maximum Gasteiger partial charge on any atom is 0.258 e. The highest BCUT2D eigenvalue weighted by molar-refractivity contribution is 5.86. The van der Waals surface area contributed by atoms with E-state index >= 15 is 0 Å². The number of hydrogen-bond acceptors (Lipinski definition) is 3. The molecule has 0 atom stereocenters. The Morgan fingerprint density at radius 3 is 2.50 bits per heavy atom. The van der Waals surface area contributed by atoms with E-state index in [1.165, 1.54) is 16.3 Å². The summed E-state index contributed by atoms with van der Waals surface area (Å²) >= 11 is 0. The molecule has 1 N–H and O–H groups in total. The number of fused-ring (bicyclic) bond motifs is 2. The molecule has 0 spiro atoms. The largest absolute Gasteiger partial charge is 0.484 e. The first-order chi connectivity index (χ1) is 15.8. The molecule has 0 saturated carbocycles. The number of para-hydroxylation sites is 3. The molecule has 0 aliphatic heterocycles. The van der Waals surface area contributed by atoms with E-state index in [-0.39, 0.29) is 12.5 Å². The van der Waals surface area contributed by atoms with Crippen LogP contribution in [0.3, 0.4) is 0 Å². The van der Waals surface area contributed by atoms with Crippen LogP contribution < -0.4 is 10.1 Å². The predicted octanol–water partition coefficient (Wildman–Crippen LogP) is 4.93. The van der Waals surface area contributed by atoms with E-state index in [1.54, 1.807) is 0 Å².